The monoisotopic (exact) mass is 511 g/mol. The average Bonchev–Trinajstić information content (AvgIpc) is 3.52. The van der Waals surface area contributed by atoms with Gasteiger partial charge in [-0.2, -0.15) is 0 Å². The van der Waals surface area contributed by atoms with Crippen molar-refractivity contribution in [2.24, 2.45) is 0 Å². The SMILES string of the molecule is CCO[Si](C)(CCCOC(=O)C1C(c2ccccc2)N1CCC[Si](C)(OCC)OCC)OCC. The summed E-state index contributed by atoms with van der Waals surface area (Å²) in [5.74, 6) is -0.139. The van der Waals surface area contributed by atoms with Crippen molar-refractivity contribution < 1.29 is 27.2 Å². The van der Waals surface area contributed by atoms with Gasteiger partial charge in [0.25, 0.3) is 0 Å². The van der Waals surface area contributed by atoms with Gasteiger partial charge in [0.1, 0.15) is 6.04 Å². The van der Waals surface area contributed by atoms with E-state index in [2.05, 4.69) is 30.1 Å². The van der Waals surface area contributed by atoms with Gasteiger partial charge in [0.15, 0.2) is 0 Å². The molecule has 0 amide bonds. The van der Waals surface area contributed by atoms with Crippen LogP contribution >= 0.6 is 0 Å². The zero-order chi connectivity index (χ0) is 25.0. The van der Waals surface area contributed by atoms with Crippen LogP contribution in [0.3, 0.4) is 0 Å². The van der Waals surface area contributed by atoms with Gasteiger partial charge in [-0.15, -0.1) is 0 Å². The standard InChI is InChI=1S/C25H45NO6Si2/c1-7-29-33(5,30-8-2)20-14-18-26-23(22-16-12-11-13-17-22)24(26)25(27)28-19-15-21-34(6,31-9-3)32-10-4/h11-13,16-17,23-24H,7-10,14-15,18-21H2,1-6H3. The predicted octanol–water partition coefficient (Wildman–Crippen LogP) is 5.03. The molecule has 0 aromatic heterocycles. The van der Waals surface area contributed by atoms with Crippen LogP contribution in [-0.2, 0) is 27.2 Å². The van der Waals surface area contributed by atoms with E-state index in [1.807, 2.05) is 45.9 Å². The van der Waals surface area contributed by atoms with Gasteiger partial charge in [0, 0.05) is 26.4 Å². The Hall–Kier alpha value is -1.08. The van der Waals surface area contributed by atoms with Crippen molar-refractivity contribution in [3.8, 4) is 0 Å². The first-order valence-electron chi connectivity index (χ1n) is 12.9. The fourth-order valence-corrected chi connectivity index (χ4v) is 9.44. The number of hydrogen-bond donors (Lipinski definition) is 0. The number of carbonyl (C=O) groups excluding carboxylic acids is 1. The van der Waals surface area contributed by atoms with E-state index in [1.54, 1.807) is 0 Å². The molecule has 1 fully saturated rings. The van der Waals surface area contributed by atoms with Crippen LogP contribution in [-0.4, -0.2) is 73.6 Å². The molecule has 1 aliphatic rings. The molecule has 1 aromatic rings. The number of nitrogens with zero attached hydrogens (tertiary/aromatic N) is 1. The second-order valence-corrected chi connectivity index (χ2v) is 15.6. The van der Waals surface area contributed by atoms with Gasteiger partial charge in [-0.05, 0) is 77.8 Å². The smallest absolute Gasteiger partial charge is 0.335 e. The summed E-state index contributed by atoms with van der Waals surface area (Å²) in [7, 11) is -4.34. The second-order valence-electron chi connectivity index (χ2n) is 8.91. The highest BCUT2D eigenvalue weighted by molar-refractivity contribution is 6.66. The van der Waals surface area contributed by atoms with Crippen LogP contribution in [0.15, 0.2) is 30.3 Å². The maximum atomic E-state index is 13.0. The van der Waals surface area contributed by atoms with Crippen LogP contribution in [0.2, 0.25) is 25.2 Å². The van der Waals surface area contributed by atoms with Crippen molar-refractivity contribution in [2.75, 3.05) is 39.6 Å². The topological polar surface area (TPSA) is 66.2 Å². The summed E-state index contributed by atoms with van der Waals surface area (Å²) in [5.41, 5.74) is 1.16. The normalized spacial score (nSPS) is 20.4. The summed E-state index contributed by atoms with van der Waals surface area (Å²) in [5, 5.41) is 0. The molecule has 3 atom stereocenters. The highest BCUT2D eigenvalue weighted by Gasteiger charge is 2.54. The van der Waals surface area contributed by atoms with Crippen molar-refractivity contribution in [3.63, 3.8) is 0 Å². The zero-order valence-corrected chi connectivity index (χ0v) is 24.0. The molecule has 0 spiro atoms. The molecular weight excluding hydrogens is 466 g/mol. The Morgan fingerprint density at radius 3 is 1.82 bits per heavy atom. The number of carbonyl (C=O) groups is 1. The lowest BCUT2D eigenvalue weighted by Crippen LogP contribution is -2.39. The average molecular weight is 512 g/mol. The molecule has 0 aliphatic carbocycles. The van der Waals surface area contributed by atoms with Crippen molar-refractivity contribution in [3.05, 3.63) is 35.9 Å². The Kier molecular flexibility index (Phi) is 12.4. The summed E-state index contributed by atoms with van der Waals surface area (Å²) in [6, 6.07) is 11.8. The molecule has 1 aliphatic heterocycles. The van der Waals surface area contributed by atoms with E-state index < -0.39 is 17.1 Å². The first-order chi connectivity index (χ1) is 16.3. The molecule has 7 nitrogen and oxygen atoms in total. The third-order valence-electron chi connectivity index (χ3n) is 6.17. The number of esters is 1. The Balaban J connectivity index is 1.90. The zero-order valence-electron chi connectivity index (χ0n) is 22.0. The minimum atomic E-state index is -2.18. The molecule has 3 unspecified atom stereocenters. The van der Waals surface area contributed by atoms with Gasteiger partial charge in [-0.3, -0.25) is 9.69 Å². The minimum absolute atomic E-state index is 0.0762. The Morgan fingerprint density at radius 1 is 0.824 bits per heavy atom. The quantitative estimate of drug-likeness (QED) is 0.119. The first-order valence-corrected chi connectivity index (χ1v) is 17.9. The molecule has 34 heavy (non-hydrogen) atoms. The van der Waals surface area contributed by atoms with E-state index >= 15 is 0 Å². The highest BCUT2D eigenvalue weighted by Crippen LogP contribution is 2.44. The van der Waals surface area contributed by atoms with Gasteiger partial charge in [-0.25, -0.2) is 0 Å². The molecular formula is C25H45NO6Si2. The van der Waals surface area contributed by atoms with Gasteiger partial charge in [0.05, 0.1) is 12.6 Å². The second kappa shape index (κ2) is 14.5. The molecule has 1 aromatic carbocycles. The summed E-state index contributed by atoms with van der Waals surface area (Å²) >= 11 is 0. The number of ether oxygens (including phenoxy) is 1. The van der Waals surface area contributed by atoms with Gasteiger partial charge in [-0.1, -0.05) is 30.3 Å². The lowest BCUT2D eigenvalue weighted by Gasteiger charge is -2.26. The molecule has 0 radical (unpaired) electrons. The van der Waals surface area contributed by atoms with E-state index in [9.17, 15) is 4.79 Å². The highest BCUT2D eigenvalue weighted by atomic mass is 28.4. The van der Waals surface area contributed by atoms with E-state index in [1.165, 1.54) is 0 Å². The van der Waals surface area contributed by atoms with E-state index in [0.29, 0.717) is 33.0 Å². The van der Waals surface area contributed by atoms with Crippen LogP contribution in [0.4, 0.5) is 0 Å². The van der Waals surface area contributed by atoms with Gasteiger partial charge < -0.3 is 22.4 Å². The molecule has 1 heterocycles. The Bertz CT molecular complexity index is 711. The third kappa shape index (κ3) is 8.85. The molecule has 9 heteroatoms. The number of rotatable bonds is 18. The maximum absolute atomic E-state index is 13.0. The lowest BCUT2D eigenvalue weighted by molar-refractivity contribution is -0.144. The minimum Gasteiger partial charge on any atom is -0.464 e. The number of benzene rings is 1. The van der Waals surface area contributed by atoms with E-state index in [0.717, 1.165) is 37.0 Å². The number of hydrogen-bond acceptors (Lipinski definition) is 7. The predicted molar refractivity (Wildman–Crippen MR) is 139 cm³/mol. The lowest BCUT2D eigenvalue weighted by atomic mass is 10.1. The van der Waals surface area contributed by atoms with Gasteiger partial charge >= 0.3 is 23.1 Å². The van der Waals surface area contributed by atoms with Crippen molar-refractivity contribution in [1.82, 2.24) is 4.90 Å². The van der Waals surface area contributed by atoms with E-state index in [-0.39, 0.29) is 18.1 Å². The molecule has 0 saturated carbocycles. The molecule has 2 rings (SSSR count). The molecule has 194 valence electrons. The third-order valence-corrected chi connectivity index (χ3v) is 12.3. The van der Waals surface area contributed by atoms with Crippen LogP contribution in [0.25, 0.3) is 0 Å². The largest absolute Gasteiger partial charge is 0.464 e. The molecule has 0 bridgehead atoms. The van der Waals surface area contributed by atoms with Crippen LogP contribution < -0.4 is 0 Å². The summed E-state index contributed by atoms with van der Waals surface area (Å²) in [6.45, 7) is 16.1. The molecule has 1 saturated heterocycles. The summed E-state index contributed by atoms with van der Waals surface area (Å²) < 4.78 is 29.4. The van der Waals surface area contributed by atoms with Crippen LogP contribution in [0.5, 0.6) is 0 Å². The van der Waals surface area contributed by atoms with Crippen LogP contribution in [0, 0.1) is 0 Å². The molecule has 0 N–H and O–H groups in total. The van der Waals surface area contributed by atoms with Crippen molar-refractivity contribution >= 4 is 23.1 Å². The summed E-state index contributed by atoms with van der Waals surface area (Å²) in [4.78, 5) is 15.2. The Morgan fingerprint density at radius 2 is 1.32 bits per heavy atom. The summed E-state index contributed by atoms with van der Waals surface area (Å²) in [6.07, 6.45) is 1.69. The maximum Gasteiger partial charge on any atom is 0.335 e. The fourth-order valence-electron chi connectivity index (χ4n) is 4.67. The van der Waals surface area contributed by atoms with Crippen LogP contribution in [0.1, 0.15) is 52.1 Å². The first kappa shape index (κ1) is 29.2. The fraction of sp³-hybridized carbons (Fsp3) is 0.720. The van der Waals surface area contributed by atoms with E-state index in [4.69, 9.17) is 22.4 Å². The van der Waals surface area contributed by atoms with Gasteiger partial charge in [0.2, 0.25) is 0 Å². The Labute approximate surface area is 208 Å². The van der Waals surface area contributed by atoms with Crippen molar-refractivity contribution in [1.29, 1.82) is 0 Å². The van der Waals surface area contributed by atoms with Crippen molar-refractivity contribution in [2.45, 2.75) is 77.8 Å².